The van der Waals surface area contributed by atoms with E-state index in [-0.39, 0.29) is 24.4 Å². The fraction of sp³-hybridized carbons (Fsp3) is 0.400. The number of fused-ring (bicyclic) bond motifs is 1. The molecular weight excluding hydrogens is 348 g/mol. The van der Waals surface area contributed by atoms with Crippen molar-refractivity contribution in [1.29, 1.82) is 0 Å². The highest BCUT2D eigenvalue weighted by Crippen LogP contribution is 2.37. The minimum absolute atomic E-state index is 0.0257. The number of rotatable bonds is 6. The predicted molar refractivity (Wildman–Crippen MR) is 99.6 cm³/mol. The van der Waals surface area contributed by atoms with Gasteiger partial charge in [-0.1, -0.05) is 13.0 Å². The number of furan rings is 1. The summed E-state index contributed by atoms with van der Waals surface area (Å²) >= 11 is 0. The van der Waals surface area contributed by atoms with E-state index in [0.29, 0.717) is 29.2 Å². The number of benzene rings is 1. The summed E-state index contributed by atoms with van der Waals surface area (Å²) in [6.07, 6.45) is 0.371. The van der Waals surface area contributed by atoms with E-state index in [0.717, 1.165) is 0 Å². The number of ether oxygens (including phenoxy) is 1. The highest BCUT2D eigenvalue weighted by molar-refractivity contribution is 6.04. The van der Waals surface area contributed by atoms with Crippen LogP contribution in [-0.2, 0) is 9.59 Å². The van der Waals surface area contributed by atoms with Crippen molar-refractivity contribution in [2.45, 2.75) is 45.4 Å². The van der Waals surface area contributed by atoms with E-state index >= 15 is 0 Å². The van der Waals surface area contributed by atoms with Crippen molar-refractivity contribution in [3.63, 3.8) is 0 Å². The average Bonchev–Trinajstić information content (AvgIpc) is 3.17. The van der Waals surface area contributed by atoms with Gasteiger partial charge in [0.1, 0.15) is 24.2 Å². The molecule has 2 heterocycles. The van der Waals surface area contributed by atoms with Crippen LogP contribution in [0.25, 0.3) is 0 Å². The number of aliphatic hydroxyl groups excluding tert-OH is 1. The van der Waals surface area contributed by atoms with Gasteiger partial charge < -0.3 is 19.6 Å². The summed E-state index contributed by atoms with van der Waals surface area (Å²) in [6.45, 7) is 5.47. The number of hydrogen-bond donors (Lipinski definition) is 2. The summed E-state index contributed by atoms with van der Waals surface area (Å²) in [5.41, 5.74) is 1.01. The number of nitrogens with one attached hydrogen (secondary N) is 1. The van der Waals surface area contributed by atoms with Gasteiger partial charge in [-0.05, 0) is 50.1 Å². The first kappa shape index (κ1) is 19.0. The maximum atomic E-state index is 12.8. The van der Waals surface area contributed by atoms with Crippen LogP contribution in [0.15, 0.2) is 41.0 Å². The monoisotopic (exact) mass is 372 g/mol. The zero-order valence-corrected chi connectivity index (χ0v) is 15.6. The Kier molecular flexibility index (Phi) is 5.51. The molecular formula is C20H24N2O5. The Bertz CT molecular complexity index is 816. The highest BCUT2D eigenvalue weighted by atomic mass is 16.5. The smallest absolute Gasteiger partial charge is 0.268 e. The molecule has 7 nitrogen and oxygen atoms in total. The van der Waals surface area contributed by atoms with Gasteiger partial charge in [-0.15, -0.1) is 0 Å². The number of carbonyl (C=O) groups is 2. The number of aliphatic hydroxyl groups is 1. The molecule has 1 aliphatic heterocycles. The van der Waals surface area contributed by atoms with Gasteiger partial charge in [-0.25, -0.2) is 0 Å². The van der Waals surface area contributed by atoms with Crippen LogP contribution in [-0.4, -0.2) is 35.6 Å². The molecule has 0 bridgehead atoms. The molecule has 144 valence electrons. The van der Waals surface area contributed by atoms with Crippen molar-refractivity contribution >= 4 is 17.5 Å². The molecule has 0 unspecified atom stereocenters. The normalized spacial score (nSPS) is 17.4. The Morgan fingerprint density at radius 1 is 1.33 bits per heavy atom. The number of nitrogens with zero attached hydrogens (tertiary/aromatic N) is 1. The van der Waals surface area contributed by atoms with Crippen molar-refractivity contribution < 1.29 is 23.8 Å². The fourth-order valence-corrected chi connectivity index (χ4v) is 3.05. The van der Waals surface area contributed by atoms with E-state index in [1.807, 2.05) is 20.8 Å². The van der Waals surface area contributed by atoms with Crippen molar-refractivity contribution in [1.82, 2.24) is 5.32 Å². The van der Waals surface area contributed by atoms with E-state index in [9.17, 15) is 14.7 Å². The summed E-state index contributed by atoms with van der Waals surface area (Å²) in [6, 6.07) is 8.43. The molecule has 0 saturated heterocycles. The second-order valence-electron chi connectivity index (χ2n) is 6.81. The van der Waals surface area contributed by atoms with Crippen LogP contribution in [0, 0.1) is 0 Å². The molecule has 0 radical (unpaired) electrons. The first-order chi connectivity index (χ1) is 12.9. The van der Waals surface area contributed by atoms with Crippen molar-refractivity contribution in [2.24, 2.45) is 0 Å². The van der Waals surface area contributed by atoms with Crippen LogP contribution in [0.1, 0.15) is 44.6 Å². The van der Waals surface area contributed by atoms with Gasteiger partial charge in [0.2, 0.25) is 5.91 Å². The summed E-state index contributed by atoms with van der Waals surface area (Å²) in [7, 11) is 0. The molecule has 2 aromatic rings. The zero-order valence-electron chi connectivity index (χ0n) is 15.6. The SMILES string of the molecule is CC[C@H]1Oc2ccc([C@H](O)c3ccco3)cc2N(CC(=O)NC(C)C)C1=O. The maximum absolute atomic E-state index is 12.8. The Labute approximate surface area is 157 Å². The Morgan fingerprint density at radius 2 is 2.11 bits per heavy atom. The molecule has 0 aliphatic carbocycles. The van der Waals surface area contributed by atoms with E-state index < -0.39 is 12.2 Å². The lowest BCUT2D eigenvalue weighted by Gasteiger charge is -2.34. The van der Waals surface area contributed by atoms with Crippen molar-refractivity contribution in [3.8, 4) is 5.75 Å². The average molecular weight is 372 g/mol. The molecule has 0 saturated carbocycles. The molecule has 2 amide bonds. The summed E-state index contributed by atoms with van der Waals surface area (Å²) in [4.78, 5) is 26.5. The lowest BCUT2D eigenvalue weighted by Crippen LogP contribution is -2.50. The largest absolute Gasteiger partial charge is 0.478 e. The molecule has 1 aromatic heterocycles. The summed E-state index contributed by atoms with van der Waals surface area (Å²) in [5.74, 6) is 0.384. The van der Waals surface area contributed by atoms with Crippen LogP contribution >= 0.6 is 0 Å². The minimum Gasteiger partial charge on any atom is -0.478 e. The molecule has 7 heteroatoms. The van der Waals surface area contributed by atoms with Crippen LogP contribution in [0.5, 0.6) is 5.75 Å². The first-order valence-corrected chi connectivity index (χ1v) is 9.03. The van der Waals surface area contributed by atoms with Gasteiger partial charge in [-0.3, -0.25) is 14.5 Å². The Morgan fingerprint density at radius 3 is 2.74 bits per heavy atom. The van der Waals surface area contributed by atoms with E-state index in [4.69, 9.17) is 9.15 Å². The Hall–Kier alpha value is -2.80. The Balaban J connectivity index is 1.95. The van der Waals surface area contributed by atoms with Gasteiger partial charge in [-0.2, -0.15) is 0 Å². The quantitative estimate of drug-likeness (QED) is 0.812. The van der Waals surface area contributed by atoms with Crippen molar-refractivity contribution in [2.75, 3.05) is 11.4 Å². The standard InChI is InChI=1S/C20H24N2O5/c1-4-15-20(25)22(11-18(23)21-12(2)3)14-10-13(7-8-16(14)27-15)19(24)17-6-5-9-26-17/h5-10,12,15,19,24H,4,11H2,1-3H3,(H,21,23)/t15-,19+/m1/s1. The lowest BCUT2D eigenvalue weighted by atomic mass is 10.0. The second kappa shape index (κ2) is 7.84. The number of hydrogen-bond acceptors (Lipinski definition) is 5. The van der Waals surface area contributed by atoms with E-state index in [2.05, 4.69) is 5.32 Å². The van der Waals surface area contributed by atoms with E-state index in [1.54, 1.807) is 30.3 Å². The van der Waals surface area contributed by atoms with Gasteiger partial charge in [0.05, 0.1) is 12.0 Å². The highest BCUT2D eigenvalue weighted by Gasteiger charge is 2.35. The molecule has 1 aliphatic rings. The topological polar surface area (TPSA) is 92.0 Å². The van der Waals surface area contributed by atoms with Crippen LogP contribution in [0.3, 0.4) is 0 Å². The third kappa shape index (κ3) is 3.98. The van der Waals surface area contributed by atoms with Gasteiger partial charge in [0, 0.05) is 6.04 Å². The van der Waals surface area contributed by atoms with E-state index in [1.165, 1.54) is 11.2 Å². The third-order valence-corrected chi connectivity index (χ3v) is 4.34. The summed E-state index contributed by atoms with van der Waals surface area (Å²) in [5, 5.41) is 13.3. The number of carbonyl (C=O) groups excluding carboxylic acids is 2. The third-order valence-electron chi connectivity index (χ3n) is 4.34. The second-order valence-corrected chi connectivity index (χ2v) is 6.81. The van der Waals surface area contributed by atoms with Crippen LogP contribution < -0.4 is 15.0 Å². The minimum atomic E-state index is -0.976. The van der Waals surface area contributed by atoms with Crippen LogP contribution in [0.2, 0.25) is 0 Å². The van der Waals surface area contributed by atoms with Crippen LogP contribution in [0.4, 0.5) is 5.69 Å². The van der Waals surface area contributed by atoms with Crippen molar-refractivity contribution in [3.05, 3.63) is 47.9 Å². The zero-order chi connectivity index (χ0) is 19.6. The van der Waals surface area contributed by atoms with Gasteiger partial charge >= 0.3 is 0 Å². The number of anilines is 1. The van der Waals surface area contributed by atoms with Gasteiger partial charge in [0.15, 0.2) is 6.10 Å². The predicted octanol–water partition coefficient (Wildman–Crippen LogP) is 2.39. The van der Waals surface area contributed by atoms with Gasteiger partial charge in [0.25, 0.3) is 5.91 Å². The number of amides is 2. The summed E-state index contributed by atoms with van der Waals surface area (Å²) < 4.78 is 11.0. The molecule has 2 N–H and O–H groups in total. The molecule has 2 atom stereocenters. The molecule has 0 spiro atoms. The molecule has 1 aromatic carbocycles. The fourth-order valence-electron chi connectivity index (χ4n) is 3.05. The lowest BCUT2D eigenvalue weighted by molar-refractivity contribution is -0.129. The first-order valence-electron chi connectivity index (χ1n) is 9.03. The maximum Gasteiger partial charge on any atom is 0.268 e. The molecule has 27 heavy (non-hydrogen) atoms. The molecule has 3 rings (SSSR count). The molecule has 0 fully saturated rings.